The van der Waals surface area contributed by atoms with E-state index in [1.807, 2.05) is 17.5 Å². The van der Waals surface area contributed by atoms with Gasteiger partial charge in [0.05, 0.1) is 11.1 Å². The van der Waals surface area contributed by atoms with Crippen molar-refractivity contribution < 1.29 is 9.18 Å². The molecule has 0 bridgehead atoms. The zero-order valence-corrected chi connectivity index (χ0v) is 14.9. The highest BCUT2D eigenvalue weighted by atomic mass is 32.1. The van der Waals surface area contributed by atoms with Crippen molar-refractivity contribution in [3.8, 4) is 10.6 Å². The van der Waals surface area contributed by atoms with Gasteiger partial charge in [-0.2, -0.15) is 0 Å². The molecule has 0 saturated heterocycles. The average molecular weight is 367 g/mol. The van der Waals surface area contributed by atoms with Crippen molar-refractivity contribution in [1.29, 1.82) is 0 Å². The maximum Gasteiger partial charge on any atom is 0.230 e. The summed E-state index contributed by atoms with van der Waals surface area (Å²) in [6.07, 6.45) is 5.56. The van der Waals surface area contributed by atoms with Crippen LogP contribution in [-0.4, -0.2) is 22.4 Å². The van der Waals surface area contributed by atoms with Gasteiger partial charge in [0.2, 0.25) is 5.91 Å². The van der Waals surface area contributed by atoms with Crippen molar-refractivity contribution in [3.63, 3.8) is 0 Å². The fraction of sp³-hybridized carbons (Fsp3) is 0.250. The first-order valence-corrected chi connectivity index (χ1v) is 9.45. The van der Waals surface area contributed by atoms with Crippen molar-refractivity contribution in [2.75, 3.05) is 6.54 Å². The highest BCUT2D eigenvalue weighted by Gasteiger charge is 2.52. The quantitative estimate of drug-likeness (QED) is 0.722. The van der Waals surface area contributed by atoms with Gasteiger partial charge in [0.25, 0.3) is 0 Å². The molecule has 0 spiro atoms. The number of hydrogen-bond donors (Lipinski definition) is 1. The standard InChI is InChI=1S/C20H18FN3OS/c21-17-6-2-1-5-16(17)20(8-9-20)19(25)23-11-7-15-13-26-18(24-15)14-4-3-10-22-12-14/h1-6,10,12-13H,7-9,11H2,(H,23,25). The predicted molar refractivity (Wildman–Crippen MR) is 99.4 cm³/mol. The fourth-order valence-corrected chi connectivity index (χ4v) is 3.95. The first-order chi connectivity index (χ1) is 12.7. The number of rotatable bonds is 6. The number of aromatic nitrogens is 2. The van der Waals surface area contributed by atoms with Crippen LogP contribution in [0.2, 0.25) is 0 Å². The summed E-state index contributed by atoms with van der Waals surface area (Å²) in [6.45, 7) is 0.491. The first kappa shape index (κ1) is 16.8. The van der Waals surface area contributed by atoms with E-state index in [1.54, 1.807) is 41.9 Å². The van der Waals surface area contributed by atoms with Crippen LogP contribution in [0.1, 0.15) is 24.1 Å². The number of amides is 1. The largest absolute Gasteiger partial charge is 0.355 e. The normalized spacial score (nSPS) is 14.8. The van der Waals surface area contributed by atoms with Crippen LogP contribution in [0.15, 0.2) is 54.2 Å². The number of nitrogens with one attached hydrogen (secondary N) is 1. The lowest BCUT2D eigenvalue weighted by Gasteiger charge is -2.16. The Morgan fingerprint density at radius 3 is 2.81 bits per heavy atom. The molecular formula is C20H18FN3OS. The lowest BCUT2D eigenvalue weighted by atomic mass is 9.94. The topological polar surface area (TPSA) is 54.9 Å². The van der Waals surface area contributed by atoms with E-state index < -0.39 is 5.41 Å². The van der Waals surface area contributed by atoms with Gasteiger partial charge in [0.15, 0.2) is 0 Å². The molecule has 0 atom stereocenters. The molecule has 1 amide bonds. The van der Waals surface area contributed by atoms with E-state index in [9.17, 15) is 9.18 Å². The summed E-state index contributed by atoms with van der Waals surface area (Å²) in [4.78, 5) is 21.3. The van der Waals surface area contributed by atoms with Gasteiger partial charge in [-0.3, -0.25) is 9.78 Å². The van der Waals surface area contributed by atoms with E-state index >= 15 is 0 Å². The lowest BCUT2D eigenvalue weighted by molar-refractivity contribution is -0.123. The second kappa shape index (κ2) is 6.96. The van der Waals surface area contributed by atoms with Gasteiger partial charge < -0.3 is 5.32 Å². The number of hydrogen-bond acceptors (Lipinski definition) is 4. The van der Waals surface area contributed by atoms with Gasteiger partial charge in [0.1, 0.15) is 10.8 Å². The Morgan fingerprint density at radius 1 is 1.23 bits per heavy atom. The third-order valence-corrected chi connectivity index (χ3v) is 5.64. The molecule has 0 aliphatic heterocycles. The maximum atomic E-state index is 14.0. The van der Waals surface area contributed by atoms with Gasteiger partial charge >= 0.3 is 0 Å². The molecule has 1 saturated carbocycles. The average Bonchev–Trinajstić information content (AvgIpc) is 3.34. The Morgan fingerprint density at radius 2 is 2.08 bits per heavy atom. The minimum atomic E-state index is -0.686. The van der Waals surface area contributed by atoms with Crippen LogP contribution in [0, 0.1) is 5.82 Å². The van der Waals surface area contributed by atoms with Crippen LogP contribution in [0.5, 0.6) is 0 Å². The second-order valence-corrected chi connectivity index (χ2v) is 7.31. The molecule has 2 aromatic heterocycles. The Balaban J connectivity index is 1.36. The maximum absolute atomic E-state index is 14.0. The molecule has 0 radical (unpaired) electrons. The number of carbonyl (C=O) groups is 1. The van der Waals surface area contributed by atoms with Crippen molar-refractivity contribution in [2.45, 2.75) is 24.7 Å². The Labute approximate surface area is 155 Å². The summed E-state index contributed by atoms with van der Waals surface area (Å²) >= 11 is 1.56. The smallest absolute Gasteiger partial charge is 0.230 e. The summed E-state index contributed by atoms with van der Waals surface area (Å²) in [5.74, 6) is -0.397. The minimum Gasteiger partial charge on any atom is -0.355 e. The van der Waals surface area contributed by atoms with Crippen molar-refractivity contribution in [3.05, 3.63) is 71.2 Å². The molecular weight excluding hydrogens is 349 g/mol. The molecule has 0 unspecified atom stereocenters. The monoisotopic (exact) mass is 367 g/mol. The van der Waals surface area contributed by atoms with E-state index in [1.165, 1.54) is 6.07 Å². The molecule has 1 aromatic carbocycles. The second-order valence-electron chi connectivity index (χ2n) is 6.45. The van der Waals surface area contributed by atoms with E-state index in [-0.39, 0.29) is 11.7 Å². The van der Waals surface area contributed by atoms with E-state index in [4.69, 9.17) is 0 Å². The summed E-state index contributed by atoms with van der Waals surface area (Å²) in [5.41, 5.74) is 1.74. The third kappa shape index (κ3) is 3.24. The molecule has 4 nitrogen and oxygen atoms in total. The molecule has 1 aliphatic rings. The van der Waals surface area contributed by atoms with Crippen molar-refractivity contribution in [2.24, 2.45) is 0 Å². The van der Waals surface area contributed by atoms with Gasteiger partial charge in [-0.05, 0) is 31.0 Å². The molecule has 4 rings (SSSR count). The molecule has 3 aromatic rings. The Kier molecular flexibility index (Phi) is 4.51. The molecule has 2 heterocycles. The molecule has 26 heavy (non-hydrogen) atoms. The molecule has 1 N–H and O–H groups in total. The fourth-order valence-electron chi connectivity index (χ4n) is 3.11. The van der Waals surface area contributed by atoms with E-state index in [2.05, 4.69) is 15.3 Å². The van der Waals surface area contributed by atoms with Crippen LogP contribution in [0.3, 0.4) is 0 Å². The summed E-state index contributed by atoms with van der Waals surface area (Å²) in [6, 6.07) is 10.4. The van der Waals surface area contributed by atoms with E-state index in [0.29, 0.717) is 31.4 Å². The van der Waals surface area contributed by atoms with E-state index in [0.717, 1.165) is 16.3 Å². The van der Waals surface area contributed by atoms with Crippen LogP contribution in [-0.2, 0) is 16.6 Å². The third-order valence-electron chi connectivity index (χ3n) is 4.70. The Hall–Kier alpha value is -2.60. The minimum absolute atomic E-state index is 0.0923. The van der Waals surface area contributed by atoms with Crippen molar-refractivity contribution in [1.82, 2.24) is 15.3 Å². The SMILES string of the molecule is O=C(NCCc1csc(-c2cccnc2)n1)C1(c2ccccc2F)CC1. The molecule has 132 valence electrons. The van der Waals surface area contributed by atoms with Gasteiger partial charge in [0, 0.05) is 41.9 Å². The summed E-state index contributed by atoms with van der Waals surface area (Å²) in [7, 11) is 0. The highest BCUT2D eigenvalue weighted by Crippen LogP contribution is 2.49. The van der Waals surface area contributed by atoms with Gasteiger partial charge in [-0.25, -0.2) is 9.37 Å². The summed E-state index contributed by atoms with van der Waals surface area (Å²) < 4.78 is 14.0. The zero-order chi connectivity index (χ0) is 18.0. The summed E-state index contributed by atoms with van der Waals surface area (Å²) in [5, 5.41) is 5.87. The molecule has 1 aliphatic carbocycles. The van der Waals surface area contributed by atoms with Crippen LogP contribution in [0.25, 0.3) is 10.6 Å². The number of pyridine rings is 1. The predicted octanol–water partition coefficient (Wildman–Crippen LogP) is 3.73. The first-order valence-electron chi connectivity index (χ1n) is 8.57. The van der Waals surface area contributed by atoms with Gasteiger partial charge in [-0.1, -0.05) is 18.2 Å². The number of carbonyl (C=O) groups excluding carboxylic acids is 1. The number of nitrogens with zero attached hydrogens (tertiary/aromatic N) is 2. The van der Waals surface area contributed by atoms with Gasteiger partial charge in [-0.15, -0.1) is 11.3 Å². The number of thiazole rings is 1. The molecule has 6 heteroatoms. The van der Waals surface area contributed by atoms with Crippen LogP contribution < -0.4 is 5.32 Å². The highest BCUT2D eigenvalue weighted by molar-refractivity contribution is 7.13. The Bertz CT molecular complexity index is 922. The molecule has 1 fully saturated rings. The number of halogens is 1. The van der Waals surface area contributed by atoms with Crippen LogP contribution >= 0.6 is 11.3 Å². The zero-order valence-electron chi connectivity index (χ0n) is 14.1. The number of benzene rings is 1. The van der Waals surface area contributed by atoms with Crippen LogP contribution in [0.4, 0.5) is 4.39 Å². The van der Waals surface area contributed by atoms with Crippen molar-refractivity contribution >= 4 is 17.2 Å². The lowest BCUT2D eigenvalue weighted by Crippen LogP contribution is -2.36.